The van der Waals surface area contributed by atoms with Gasteiger partial charge in [0, 0.05) is 17.1 Å². The second kappa shape index (κ2) is 4.47. The Balaban J connectivity index is 1.84. The lowest BCUT2D eigenvalue weighted by Gasteiger charge is -2.00. The number of hydrogen-bond acceptors (Lipinski definition) is 2. The molecule has 0 bridgehead atoms. The first-order valence-corrected chi connectivity index (χ1v) is 6.55. The summed E-state index contributed by atoms with van der Waals surface area (Å²) in [6, 6.07) is 8.09. The highest BCUT2D eigenvalue weighted by Gasteiger charge is 2.38. The molecule has 2 N–H and O–H groups in total. The summed E-state index contributed by atoms with van der Waals surface area (Å²) >= 11 is 0. The quantitative estimate of drug-likeness (QED) is 0.862. The number of nitrogens with one attached hydrogen (secondary N) is 2. The largest absolute Gasteiger partial charge is 0.361 e. The first kappa shape index (κ1) is 11.3. The minimum atomic E-state index is 0.686. The van der Waals surface area contributed by atoms with Crippen LogP contribution in [0.3, 0.4) is 0 Å². The molecule has 0 amide bonds. The zero-order valence-corrected chi connectivity index (χ0v) is 10.5. The summed E-state index contributed by atoms with van der Waals surface area (Å²) in [4.78, 5) is 3.29. The van der Waals surface area contributed by atoms with Gasteiger partial charge in [-0.3, -0.25) is 0 Å². The molecule has 1 aromatic carbocycles. The van der Waals surface area contributed by atoms with Gasteiger partial charge < -0.3 is 10.3 Å². The molecule has 1 aromatic heterocycles. The van der Waals surface area contributed by atoms with E-state index in [1.54, 1.807) is 0 Å². The van der Waals surface area contributed by atoms with Gasteiger partial charge in [0.15, 0.2) is 0 Å². The maximum absolute atomic E-state index is 8.89. The Bertz CT molecular complexity index is 606. The van der Waals surface area contributed by atoms with E-state index in [2.05, 4.69) is 35.6 Å². The molecule has 1 saturated carbocycles. The minimum absolute atomic E-state index is 0.686. The zero-order valence-electron chi connectivity index (χ0n) is 10.5. The Morgan fingerprint density at radius 2 is 2.39 bits per heavy atom. The smallest absolute Gasteiger partial charge is 0.0992 e. The van der Waals surface area contributed by atoms with E-state index in [-0.39, 0.29) is 0 Å². The molecule has 2 atom stereocenters. The Morgan fingerprint density at radius 1 is 1.50 bits per heavy atom. The van der Waals surface area contributed by atoms with Crippen LogP contribution in [0.2, 0.25) is 0 Å². The van der Waals surface area contributed by atoms with Crippen LogP contribution in [0.1, 0.15) is 30.4 Å². The molecular formula is C15H17N3. The Hall–Kier alpha value is -1.79. The van der Waals surface area contributed by atoms with Crippen LogP contribution >= 0.6 is 0 Å². The third kappa shape index (κ3) is 1.89. The fourth-order valence-electron chi connectivity index (χ4n) is 2.71. The van der Waals surface area contributed by atoms with E-state index in [9.17, 15) is 0 Å². The first-order chi connectivity index (χ1) is 8.83. The standard InChI is InChI=1S/C15H17N3/c1-2-17-8-11-6-13(11)14-9-18-15-5-10(7-16)3-4-12(14)15/h3-5,9,11,13,17-18H,2,6,8H2,1H3. The first-order valence-electron chi connectivity index (χ1n) is 6.55. The molecule has 3 heteroatoms. The predicted octanol–water partition coefficient (Wildman–Crippen LogP) is 2.75. The molecule has 0 saturated heterocycles. The minimum Gasteiger partial charge on any atom is -0.361 e. The molecule has 1 fully saturated rings. The van der Waals surface area contributed by atoms with Crippen molar-refractivity contribution < 1.29 is 0 Å². The van der Waals surface area contributed by atoms with Crippen LogP contribution in [-0.4, -0.2) is 18.1 Å². The summed E-state index contributed by atoms with van der Waals surface area (Å²) in [5, 5.41) is 13.6. The normalized spacial score (nSPS) is 22.0. The molecule has 1 aliphatic rings. The number of aromatic nitrogens is 1. The average Bonchev–Trinajstić information content (AvgIpc) is 3.05. The molecule has 0 radical (unpaired) electrons. The van der Waals surface area contributed by atoms with Gasteiger partial charge in [-0.2, -0.15) is 5.26 Å². The Labute approximate surface area is 107 Å². The lowest BCUT2D eigenvalue weighted by atomic mass is 10.1. The van der Waals surface area contributed by atoms with Crippen LogP contribution in [0, 0.1) is 17.2 Å². The highest BCUT2D eigenvalue weighted by molar-refractivity contribution is 5.85. The van der Waals surface area contributed by atoms with E-state index in [0.29, 0.717) is 5.92 Å². The van der Waals surface area contributed by atoms with Crippen LogP contribution < -0.4 is 5.32 Å². The third-order valence-electron chi connectivity index (χ3n) is 3.82. The molecule has 3 rings (SSSR count). The van der Waals surface area contributed by atoms with E-state index in [4.69, 9.17) is 5.26 Å². The summed E-state index contributed by atoms with van der Waals surface area (Å²) in [6.45, 7) is 4.30. The number of fused-ring (bicyclic) bond motifs is 1. The van der Waals surface area contributed by atoms with Crippen molar-refractivity contribution in [2.75, 3.05) is 13.1 Å². The van der Waals surface area contributed by atoms with E-state index in [1.807, 2.05) is 12.1 Å². The van der Waals surface area contributed by atoms with Crippen LogP contribution in [0.4, 0.5) is 0 Å². The number of hydrogen-bond donors (Lipinski definition) is 2. The number of aromatic amines is 1. The fourth-order valence-corrected chi connectivity index (χ4v) is 2.71. The molecular weight excluding hydrogens is 222 g/mol. The van der Waals surface area contributed by atoms with E-state index < -0.39 is 0 Å². The Morgan fingerprint density at radius 3 is 3.17 bits per heavy atom. The summed E-state index contributed by atoms with van der Waals surface area (Å²) < 4.78 is 0. The number of nitriles is 1. The van der Waals surface area contributed by atoms with Gasteiger partial charge in [0.25, 0.3) is 0 Å². The van der Waals surface area contributed by atoms with Gasteiger partial charge >= 0.3 is 0 Å². The van der Waals surface area contributed by atoms with E-state index >= 15 is 0 Å². The maximum atomic E-state index is 8.89. The molecule has 2 aromatic rings. The highest BCUT2D eigenvalue weighted by Crippen LogP contribution is 2.49. The van der Waals surface area contributed by atoms with E-state index in [0.717, 1.165) is 30.1 Å². The SMILES string of the molecule is CCNCC1CC1c1c[nH]c2cc(C#N)ccc12. The molecule has 1 heterocycles. The van der Waals surface area contributed by atoms with Gasteiger partial charge in [0.1, 0.15) is 0 Å². The van der Waals surface area contributed by atoms with Crippen LogP contribution in [-0.2, 0) is 0 Å². The second-order valence-electron chi connectivity index (χ2n) is 5.03. The van der Waals surface area contributed by atoms with Crippen LogP contribution in [0.15, 0.2) is 24.4 Å². The predicted molar refractivity (Wildman–Crippen MR) is 72.4 cm³/mol. The Kier molecular flexibility index (Phi) is 2.81. The molecule has 0 aliphatic heterocycles. The molecule has 0 spiro atoms. The van der Waals surface area contributed by atoms with Crippen molar-refractivity contribution >= 4 is 10.9 Å². The molecule has 1 aliphatic carbocycles. The monoisotopic (exact) mass is 239 g/mol. The van der Waals surface area contributed by atoms with Gasteiger partial charge in [0.05, 0.1) is 11.6 Å². The molecule has 2 unspecified atom stereocenters. The lowest BCUT2D eigenvalue weighted by Crippen LogP contribution is -2.16. The number of rotatable bonds is 4. The number of H-pyrrole nitrogens is 1. The number of nitrogens with zero attached hydrogens (tertiary/aromatic N) is 1. The van der Waals surface area contributed by atoms with Crippen molar-refractivity contribution in [3.05, 3.63) is 35.5 Å². The molecule has 3 nitrogen and oxygen atoms in total. The summed E-state index contributed by atoms with van der Waals surface area (Å²) in [5.74, 6) is 1.46. The van der Waals surface area contributed by atoms with Crippen molar-refractivity contribution in [1.82, 2.24) is 10.3 Å². The van der Waals surface area contributed by atoms with Gasteiger partial charge in [-0.15, -0.1) is 0 Å². The van der Waals surface area contributed by atoms with Crippen molar-refractivity contribution in [2.24, 2.45) is 5.92 Å². The van der Waals surface area contributed by atoms with Crippen molar-refractivity contribution in [3.8, 4) is 6.07 Å². The summed E-state index contributed by atoms with van der Waals surface area (Å²) in [6.07, 6.45) is 3.39. The van der Waals surface area contributed by atoms with Crippen molar-refractivity contribution in [2.45, 2.75) is 19.3 Å². The number of benzene rings is 1. The van der Waals surface area contributed by atoms with Gasteiger partial charge in [-0.25, -0.2) is 0 Å². The zero-order chi connectivity index (χ0) is 12.5. The van der Waals surface area contributed by atoms with Crippen LogP contribution in [0.25, 0.3) is 10.9 Å². The fraction of sp³-hybridized carbons (Fsp3) is 0.400. The average molecular weight is 239 g/mol. The van der Waals surface area contributed by atoms with E-state index in [1.165, 1.54) is 17.4 Å². The van der Waals surface area contributed by atoms with Crippen molar-refractivity contribution in [3.63, 3.8) is 0 Å². The third-order valence-corrected chi connectivity index (χ3v) is 3.82. The topological polar surface area (TPSA) is 51.6 Å². The molecule has 92 valence electrons. The summed E-state index contributed by atoms with van der Waals surface area (Å²) in [5.41, 5.74) is 3.21. The molecule has 18 heavy (non-hydrogen) atoms. The van der Waals surface area contributed by atoms with Gasteiger partial charge in [-0.05, 0) is 49.0 Å². The van der Waals surface area contributed by atoms with Crippen LogP contribution in [0.5, 0.6) is 0 Å². The highest BCUT2D eigenvalue weighted by atomic mass is 14.9. The lowest BCUT2D eigenvalue weighted by molar-refractivity contribution is 0.650. The van der Waals surface area contributed by atoms with Gasteiger partial charge in [-0.1, -0.05) is 13.0 Å². The second-order valence-corrected chi connectivity index (χ2v) is 5.03. The van der Waals surface area contributed by atoms with Crippen molar-refractivity contribution in [1.29, 1.82) is 5.26 Å². The van der Waals surface area contributed by atoms with Gasteiger partial charge in [0.2, 0.25) is 0 Å². The maximum Gasteiger partial charge on any atom is 0.0992 e. The summed E-state index contributed by atoms with van der Waals surface area (Å²) in [7, 11) is 0.